The molecule has 0 aromatic heterocycles. The van der Waals surface area contributed by atoms with Gasteiger partial charge >= 0.3 is 0 Å². The molecule has 1 saturated carbocycles. The monoisotopic (exact) mass is 183 g/mol. The van der Waals surface area contributed by atoms with E-state index in [2.05, 4.69) is 18.7 Å². The SMILES string of the molecule is CC1(C)C(CO)CCCN1C1CC1. The van der Waals surface area contributed by atoms with Crippen LogP contribution in [0.2, 0.25) is 0 Å². The minimum atomic E-state index is 0.230. The Balaban J connectivity index is 2.08. The van der Waals surface area contributed by atoms with E-state index in [4.69, 9.17) is 0 Å². The van der Waals surface area contributed by atoms with E-state index >= 15 is 0 Å². The van der Waals surface area contributed by atoms with E-state index in [9.17, 15) is 5.11 Å². The van der Waals surface area contributed by atoms with Crippen LogP contribution in [0.5, 0.6) is 0 Å². The van der Waals surface area contributed by atoms with Crippen LogP contribution in [0.3, 0.4) is 0 Å². The fourth-order valence-corrected chi connectivity index (χ4v) is 2.74. The Hall–Kier alpha value is -0.0800. The summed E-state index contributed by atoms with van der Waals surface area (Å²) in [6.45, 7) is 6.20. The maximum Gasteiger partial charge on any atom is 0.0476 e. The molecule has 0 amide bonds. The molecule has 1 aliphatic heterocycles. The van der Waals surface area contributed by atoms with E-state index in [1.807, 2.05) is 0 Å². The smallest absolute Gasteiger partial charge is 0.0476 e. The van der Waals surface area contributed by atoms with Crippen LogP contribution >= 0.6 is 0 Å². The van der Waals surface area contributed by atoms with Gasteiger partial charge in [0.1, 0.15) is 0 Å². The first kappa shape index (κ1) is 9.47. The molecule has 0 aromatic rings. The van der Waals surface area contributed by atoms with Crippen molar-refractivity contribution < 1.29 is 5.11 Å². The maximum absolute atomic E-state index is 9.32. The summed E-state index contributed by atoms with van der Waals surface area (Å²) in [5.74, 6) is 0.488. The lowest BCUT2D eigenvalue weighted by molar-refractivity contribution is -0.0100. The fraction of sp³-hybridized carbons (Fsp3) is 1.00. The predicted octanol–water partition coefficient (Wildman–Crippen LogP) is 1.63. The minimum absolute atomic E-state index is 0.230. The fourth-order valence-electron chi connectivity index (χ4n) is 2.74. The molecule has 2 rings (SSSR count). The summed E-state index contributed by atoms with van der Waals surface area (Å²) in [4.78, 5) is 2.62. The number of aliphatic hydroxyl groups excluding tert-OH is 1. The zero-order chi connectivity index (χ0) is 9.47. The Labute approximate surface area is 80.9 Å². The third kappa shape index (κ3) is 1.62. The van der Waals surface area contributed by atoms with E-state index in [0.29, 0.717) is 12.5 Å². The van der Waals surface area contributed by atoms with Gasteiger partial charge in [0.15, 0.2) is 0 Å². The highest BCUT2D eigenvalue weighted by Gasteiger charge is 2.44. The largest absolute Gasteiger partial charge is 0.396 e. The van der Waals surface area contributed by atoms with Gasteiger partial charge in [-0.1, -0.05) is 0 Å². The summed E-state index contributed by atoms with van der Waals surface area (Å²) < 4.78 is 0. The Kier molecular flexibility index (Phi) is 2.37. The van der Waals surface area contributed by atoms with Crippen molar-refractivity contribution in [2.45, 2.75) is 51.1 Å². The first-order valence-electron chi connectivity index (χ1n) is 5.54. The van der Waals surface area contributed by atoms with Crippen LogP contribution in [0.15, 0.2) is 0 Å². The van der Waals surface area contributed by atoms with Crippen LogP contribution in [-0.2, 0) is 0 Å². The Morgan fingerprint density at radius 3 is 2.54 bits per heavy atom. The second-order valence-corrected chi connectivity index (χ2v) is 5.10. The molecule has 13 heavy (non-hydrogen) atoms. The lowest BCUT2D eigenvalue weighted by atomic mass is 9.79. The van der Waals surface area contributed by atoms with Gasteiger partial charge in [0.05, 0.1) is 0 Å². The molecule has 1 N–H and O–H groups in total. The van der Waals surface area contributed by atoms with E-state index in [0.717, 1.165) is 6.04 Å². The van der Waals surface area contributed by atoms with Crippen molar-refractivity contribution in [2.24, 2.45) is 5.92 Å². The van der Waals surface area contributed by atoms with Gasteiger partial charge < -0.3 is 5.11 Å². The van der Waals surface area contributed by atoms with Crippen molar-refractivity contribution in [3.8, 4) is 0 Å². The van der Waals surface area contributed by atoms with Gasteiger partial charge in [-0.2, -0.15) is 0 Å². The first-order valence-corrected chi connectivity index (χ1v) is 5.54. The number of likely N-dealkylation sites (tertiary alicyclic amines) is 1. The summed E-state index contributed by atoms with van der Waals surface area (Å²) >= 11 is 0. The number of hydrogen-bond acceptors (Lipinski definition) is 2. The van der Waals surface area contributed by atoms with Crippen molar-refractivity contribution in [1.82, 2.24) is 4.90 Å². The van der Waals surface area contributed by atoms with Crippen LogP contribution in [0.25, 0.3) is 0 Å². The van der Waals surface area contributed by atoms with Gasteiger partial charge in [-0.05, 0) is 52.0 Å². The van der Waals surface area contributed by atoms with Crippen LogP contribution in [-0.4, -0.2) is 34.7 Å². The lowest BCUT2D eigenvalue weighted by Crippen LogP contribution is -2.55. The Bertz CT molecular complexity index is 187. The molecule has 2 fully saturated rings. The van der Waals surface area contributed by atoms with Gasteiger partial charge in [0, 0.05) is 18.2 Å². The van der Waals surface area contributed by atoms with E-state index in [-0.39, 0.29) is 5.54 Å². The number of nitrogens with zero attached hydrogens (tertiary/aromatic N) is 1. The van der Waals surface area contributed by atoms with E-state index < -0.39 is 0 Å². The predicted molar refractivity (Wildman–Crippen MR) is 53.6 cm³/mol. The van der Waals surface area contributed by atoms with Crippen molar-refractivity contribution in [3.05, 3.63) is 0 Å². The molecule has 1 atom stereocenters. The molecule has 1 aliphatic carbocycles. The molecule has 2 aliphatic rings. The highest BCUT2D eigenvalue weighted by molar-refractivity contribution is 4.99. The summed E-state index contributed by atoms with van der Waals surface area (Å²) in [5, 5.41) is 9.32. The van der Waals surface area contributed by atoms with E-state index in [1.165, 1.54) is 32.2 Å². The Morgan fingerprint density at radius 2 is 2.00 bits per heavy atom. The second-order valence-electron chi connectivity index (χ2n) is 5.10. The summed E-state index contributed by atoms with van der Waals surface area (Å²) in [6, 6.07) is 0.837. The van der Waals surface area contributed by atoms with E-state index in [1.54, 1.807) is 0 Å². The average molecular weight is 183 g/mol. The molecule has 2 nitrogen and oxygen atoms in total. The van der Waals surface area contributed by atoms with Crippen molar-refractivity contribution >= 4 is 0 Å². The standard InChI is InChI=1S/C11H21NO/c1-11(2)9(8-13)4-3-7-12(11)10-5-6-10/h9-10,13H,3-8H2,1-2H3. The van der Waals surface area contributed by atoms with Crippen LogP contribution in [0.1, 0.15) is 39.5 Å². The highest BCUT2D eigenvalue weighted by Crippen LogP contribution is 2.40. The topological polar surface area (TPSA) is 23.5 Å². The molecule has 0 aromatic carbocycles. The van der Waals surface area contributed by atoms with Gasteiger partial charge in [-0.3, -0.25) is 4.90 Å². The molecule has 0 spiro atoms. The highest BCUT2D eigenvalue weighted by atomic mass is 16.3. The van der Waals surface area contributed by atoms with Crippen molar-refractivity contribution in [2.75, 3.05) is 13.2 Å². The summed E-state index contributed by atoms with van der Waals surface area (Å²) in [7, 11) is 0. The van der Waals surface area contributed by atoms with Crippen LogP contribution < -0.4 is 0 Å². The molecule has 76 valence electrons. The Morgan fingerprint density at radius 1 is 1.31 bits per heavy atom. The van der Waals surface area contributed by atoms with Crippen molar-refractivity contribution in [1.29, 1.82) is 0 Å². The molecule has 2 heteroatoms. The van der Waals surface area contributed by atoms with Gasteiger partial charge in [-0.15, -0.1) is 0 Å². The first-order chi connectivity index (χ1) is 6.16. The maximum atomic E-state index is 9.32. The second kappa shape index (κ2) is 3.25. The quantitative estimate of drug-likeness (QED) is 0.703. The summed E-state index contributed by atoms with van der Waals surface area (Å²) in [6.07, 6.45) is 5.22. The lowest BCUT2D eigenvalue weighted by Gasteiger charge is -2.48. The zero-order valence-electron chi connectivity index (χ0n) is 8.79. The van der Waals surface area contributed by atoms with Crippen LogP contribution in [0, 0.1) is 5.92 Å². The minimum Gasteiger partial charge on any atom is -0.396 e. The number of piperidine rings is 1. The molecule has 1 unspecified atom stereocenters. The third-order valence-electron chi connectivity index (χ3n) is 3.90. The van der Waals surface area contributed by atoms with Gasteiger partial charge in [0.25, 0.3) is 0 Å². The van der Waals surface area contributed by atoms with Crippen molar-refractivity contribution in [3.63, 3.8) is 0 Å². The third-order valence-corrected chi connectivity index (χ3v) is 3.90. The van der Waals surface area contributed by atoms with Gasteiger partial charge in [0.2, 0.25) is 0 Å². The molecule has 0 radical (unpaired) electrons. The van der Waals surface area contributed by atoms with Crippen LogP contribution in [0.4, 0.5) is 0 Å². The summed E-state index contributed by atoms with van der Waals surface area (Å²) in [5.41, 5.74) is 0.230. The molecule has 1 heterocycles. The number of aliphatic hydroxyl groups is 1. The number of rotatable bonds is 2. The van der Waals surface area contributed by atoms with Gasteiger partial charge in [-0.25, -0.2) is 0 Å². The molecular weight excluding hydrogens is 162 g/mol. The zero-order valence-corrected chi connectivity index (χ0v) is 8.79. The normalized spacial score (nSPS) is 34.8. The molecule has 0 bridgehead atoms. The molecule has 1 saturated heterocycles. The number of hydrogen-bond donors (Lipinski definition) is 1. The molecular formula is C11H21NO. The average Bonchev–Trinajstić information content (AvgIpc) is 2.86.